The quantitative estimate of drug-likeness (QED) is 0.440. The van der Waals surface area contributed by atoms with Gasteiger partial charge in [0.2, 0.25) is 11.7 Å². The van der Waals surface area contributed by atoms with Crippen molar-refractivity contribution in [1.29, 1.82) is 0 Å². The molecule has 3 heterocycles. The second-order valence-corrected chi connectivity index (χ2v) is 9.03. The maximum absolute atomic E-state index is 12.0. The van der Waals surface area contributed by atoms with E-state index < -0.39 is 0 Å². The van der Waals surface area contributed by atoms with Crippen LogP contribution < -0.4 is 5.32 Å². The molecule has 176 valence electrons. The van der Waals surface area contributed by atoms with E-state index in [4.69, 9.17) is 9.63 Å². The number of aliphatic hydroxyl groups is 1. The Morgan fingerprint density at radius 1 is 1.15 bits per heavy atom. The molecule has 2 aromatic carbocycles. The van der Waals surface area contributed by atoms with Crippen LogP contribution in [0.1, 0.15) is 31.0 Å². The fourth-order valence-corrected chi connectivity index (χ4v) is 4.55. The smallest absolute Gasteiger partial charge is 0.258 e. The number of amides is 1. The molecule has 5 rings (SSSR count). The van der Waals surface area contributed by atoms with Gasteiger partial charge in [0.25, 0.3) is 5.89 Å². The van der Waals surface area contributed by atoms with Gasteiger partial charge in [0.1, 0.15) is 0 Å². The molecule has 2 N–H and O–H groups in total. The van der Waals surface area contributed by atoms with Gasteiger partial charge in [-0.3, -0.25) is 9.69 Å². The van der Waals surface area contributed by atoms with Crippen molar-refractivity contribution in [3.63, 3.8) is 0 Å². The number of carbonyl (C=O) groups excluding carboxylic acids is 1. The lowest BCUT2D eigenvalue weighted by atomic mass is 9.97. The first-order valence-corrected chi connectivity index (χ1v) is 11.7. The minimum Gasteiger partial charge on any atom is -0.395 e. The van der Waals surface area contributed by atoms with Crippen molar-refractivity contribution in [3.05, 3.63) is 59.8 Å². The van der Waals surface area contributed by atoms with Gasteiger partial charge in [-0.15, -0.1) is 0 Å². The van der Waals surface area contributed by atoms with Gasteiger partial charge >= 0.3 is 0 Å². The summed E-state index contributed by atoms with van der Waals surface area (Å²) in [5.74, 6) is 0.974. The van der Waals surface area contributed by atoms with Crippen LogP contribution in [-0.4, -0.2) is 56.9 Å². The SMILES string of the molecule is CC(C)n1ccc2cc(-c3nc(-c4ccc5c(c4)CN(CC(=O)NCCO)CC5)no3)ccc21. The molecule has 0 saturated carbocycles. The van der Waals surface area contributed by atoms with Gasteiger partial charge in [-0.05, 0) is 61.7 Å². The van der Waals surface area contributed by atoms with E-state index in [2.05, 4.69) is 75.3 Å². The third kappa shape index (κ3) is 4.47. The van der Waals surface area contributed by atoms with E-state index in [1.165, 1.54) is 16.6 Å². The number of aromatic nitrogens is 3. The molecule has 0 spiro atoms. The van der Waals surface area contributed by atoms with Crippen molar-refractivity contribution in [3.8, 4) is 22.8 Å². The lowest BCUT2D eigenvalue weighted by Gasteiger charge is -2.28. The summed E-state index contributed by atoms with van der Waals surface area (Å²) in [5.41, 5.74) is 5.42. The summed E-state index contributed by atoms with van der Waals surface area (Å²) >= 11 is 0. The van der Waals surface area contributed by atoms with Crippen molar-refractivity contribution in [1.82, 2.24) is 24.9 Å². The second-order valence-electron chi connectivity index (χ2n) is 9.03. The van der Waals surface area contributed by atoms with E-state index in [-0.39, 0.29) is 19.1 Å². The molecule has 8 heteroatoms. The number of hydrogen-bond acceptors (Lipinski definition) is 6. The molecular formula is C26H29N5O3. The van der Waals surface area contributed by atoms with Gasteiger partial charge < -0.3 is 19.5 Å². The molecule has 0 bridgehead atoms. The Morgan fingerprint density at radius 2 is 2.00 bits per heavy atom. The van der Waals surface area contributed by atoms with E-state index in [0.29, 0.717) is 30.8 Å². The zero-order valence-corrected chi connectivity index (χ0v) is 19.5. The van der Waals surface area contributed by atoms with Crippen molar-refractivity contribution in [2.75, 3.05) is 26.2 Å². The maximum Gasteiger partial charge on any atom is 0.258 e. The van der Waals surface area contributed by atoms with Crippen molar-refractivity contribution < 1.29 is 14.4 Å². The number of rotatable bonds is 7. The molecule has 1 amide bonds. The van der Waals surface area contributed by atoms with Crippen LogP contribution in [0.3, 0.4) is 0 Å². The van der Waals surface area contributed by atoms with Crippen LogP contribution in [0.15, 0.2) is 53.2 Å². The first-order valence-electron chi connectivity index (χ1n) is 11.7. The highest BCUT2D eigenvalue weighted by Crippen LogP contribution is 2.29. The van der Waals surface area contributed by atoms with Crippen LogP contribution in [0.25, 0.3) is 33.7 Å². The Labute approximate surface area is 198 Å². The van der Waals surface area contributed by atoms with Gasteiger partial charge in [0, 0.05) is 53.9 Å². The molecule has 2 aromatic heterocycles. The van der Waals surface area contributed by atoms with Gasteiger partial charge in [-0.2, -0.15) is 4.98 Å². The highest BCUT2D eigenvalue weighted by atomic mass is 16.5. The molecule has 1 aliphatic rings. The van der Waals surface area contributed by atoms with Crippen LogP contribution in [0.2, 0.25) is 0 Å². The van der Waals surface area contributed by atoms with Crippen LogP contribution >= 0.6 is 0 Å². The molecule has 0 radical (unpaired) electrons. The fraction of sp³-hybridized carbons (Fsp3) is 0.346. The Balaban J connectivity index is 1.34. The van der Waals surface area contributed by atoms with Crippen molar-refractivity contribution in [2.24, 2.45) is 0 Å². The van der Waals surface area contributed by atoms with E-state index in [1.54, 1.807) is 0 Å². The normalized spacial score (nSPS) is 14.0. The summed E-state index contributed by atoms with van der Waals surface area (Å²) < 4.78 is 7.85. The molecule has 4 aromatic rings. The first kappa shape index (κ1) is 22.3. The first-order chi connectivity index (χ1) is 16.5. The van der Waals surface area contributed by atoms with Gasteiger partial charge in [0.05, 0.1) is 13.2 Å². The fourth-order valence-electron chi connectivity index (χ4n) is 4.55. The molecular weight excluding hydrogens is 430 g/mol. The monoisotopic (exact) mass is 459 g/mol. The largest absolute Gasteiger partial charge is 0.395 e. The summed E-state index contributed by atoms with van der Waals surface area (Å²) in [6, 6.07) is 14.9. The van der Waals surface area contributed by atoms with E-state index in [0.717, 1.165) is 29.5 Å². The Kier molecular flexibility index (Phi) is 6.17. The number of nitrogens with one attached hydrogen (secondary N) is 1. The number of nitrogens with zero attached hydrogens (tertiary/aromatic N) is 4. The van der Waals surface area contributed by atoms with Crippen LogP contribution in [0.5, 0.6) is 0 Å². The number of fused-ring (bicyclic) bond motifs is 2. The predicted octanol–water partition coefficient (Wildman–Crippen LogP) is 3.41. The standard InChI is InChI=1S/C26H29N5O3/c1-17(2)31-11-8-19-13-21(5-6-23(19)31)26-28-25(29-34-26)20-4-3-18-7-10-30(15-22(18)14-20)16-24(33)27-9-12-32/h3-6,8,11,13-14,17,32H,7,9-10,12,15-16H2,1-2H3,(H,27,33). The topological polar surface area (TPSA) is 96.4 Å². The molecule has 0 fully saturated rings. The number of aliphatic hydroxyl groups excluding tert-OH is 1. The van der Waals surface area contributed by atoms with Gasteiger partial charge in [0.15, 0.2) is 0 Å². The van der Waals surface area contributed by atoms with Crippen molar-refractivity contribution >= 4 is 16.8 Å². The van der Waals surface area contributed by atoms with Crippen LogP contribution in [0, 0.1) is 0 Å². The summed E-state index contributed by atoms with van der Waals surface area (Å²) in [7, 11) is 0. The number of benzene rings is 2. The summed E-state index contributed by atoms with van der Waals surface area (Å²) in [5, 5.41) is 17.0. The summed E-state index contributed by atoms with van der Waals surface area (Å²) in [6.45, 7) is 6.39. The summed E-state index contributed by atoms with van der Waals surface area (Å²) in [4.78, 5) is 18.8. The van der Waals surface area contributed by atoms with E-state index in [1.807, 2.05) is 12.1 Å². The maximum atomic E-state index is 12.0. The van der Waals surface area contributed by atoms with Crippen LogP contribution in [-0.2, 0) is 17.8 Å². The number of carbonyl (C=O) groups is 1. The Hall–Kier alpha value is -3.49. The third-order valence-electron chi connectivity index (χ3n) is 6.31. The average Bonchev–Trinajstić information content (AvgIpc) is 3.49. The Bertz CT molecular complexity index is 1320. The molecule has 0 atom stereocenters. The summed E-state index contributed by atoms with van der Waals surface area (Å²) in [6.07, 6.45) is 2.99. The van der Waals surface area contributed by atoms with E-state index >= 15 is 0 Å². The van der Waals surface area contributed by atoms with Crippen molar-refractivity contribution in [2.45, 2.75) is 32.9 Å². The molecule has 0 saturated heterocycles. The molecule has 0 unspecified atom stereocenters. The minimum atomic E-state index is -0.0721. The van der Waals surface area contributed by atoms with Crippen LogP contribution in [0.4, 0.5) is 0 Å². The third-order valence-corrected chi connectivity index (χ3v) is 6.31. The highest BCUT2D eigenvalue weighted by molar-refractivity contribution is 5.84. The zero-order valence-electron chi connectivity index (χ0n) is 19.5. The minimum absolute atomic E-state index is 0.0524. The number of hydrogen-bond donors (Lipinski definition) is 2. The predicted molar refractivity (Wildman–Crippen MR) is 130 cm³/mol. The van der Waals surface area contributed by atoms with Gasteiger partial charge in [-0.1, -0.05) is 17.3 Å². The molecule has 1 aliphatic heterocycles. The highest BCUT2D eigenvalue weighted by Gasteiger charge is 2.20. The second kappa shape index (κ2) is 9.40. The molecule has 34 heavy (non-hydrogen) atoms. The lowest BCUT2D eigenvalue weighted by Crippen LogP contribution is -2.40. The molecule has 0 aliphatic carbocycles. The zero-order chi connectivity index (χ0) is 23.7. The lowest BCUT2D eigenvalue weighted by molar-refractivity contribution is -0.122. The van der Waals surface area contributed by atoms with Gasteiger partial charge in [-0.25, -0.2) is 0 Å². The Morgan fingerprint density at radius 3 is 2.82 bits per heavy atom. The van der Waals surface area contributed by atoms with E-state index in [9.17, 15) is 4.79 Å². The molecule has 8 nitrogen and oxygen atoms in total. The average molecular weight is 460 g/mol.